The molecule has 5 aliphatic rings. The lowest BCUT2D eigenvalue weighted by molar-refractivity contribution is 0.0453. The highest BCUT2D eigenvalue weighted by Crippen LogP contribution is 2.47. The molecule has 2 aromatic rings. The maximum Gasteiger partial charge on any atom is 0.262 e. The zero-order valence-corrected chi connectivity index (χ0v) is 25.7. The lowest BCUT2D eigenvalue weighted by Gasteiger charge is -2.45. The summed E-state index contributed by atoms with van der Waals surface area (Å²) in [7, 11) is -2.85. The Bertz CT molecular complexity index is 1520. The lowest BCUT2D eigenvalue weighted by atomic mass is 9.68. The van der Waals surface area contributed by atoms with E-state index in [1.54, 1.807) is 6.07 Å². The van der Waals surface area contributed by atoms with Gasteiger partial charge in [-0.2, -0.15) is 0 Å². The Labute approximate surface area is 254 Å². The molecule has 1 spiro atoms. The van der Waals surface area contributed by atoms with Gasteiger partial charge in [-0.15, -0.1) is 0 Å². The summed E-state index contributed by atoms with van der Waals surface area (Å²) < 4.78 is 23.2. The molecule has 2 aliphatic heterocycles. The van der Waals surface area contributed by atoms with Gasteiger partial charge in [0.1, 0.15) is 5.75 Å². The SMILES string of the molecule is C=S1(=O)NC(=O)c2ccc3c(c2)N(C[C@@H]2CC[C@H]2[C@@H](O)/C=C/[C@H]2CCC[C@H]1C2)C[C@@]1(CCCc2cc(Cl)ccc21)CO3. The molecule has 2 N–H and O–H groups in total. The van der Waals surface area contributed by atoms with Gasteiger partial charge < -0.3 is 14.7 Å². The van der Waals surface area contributed by atoms with Gasteiger partial charge in [-0.1, -0.05) is 36.2 Å². The molecule has 6 nitrogen and oxygen atoms in total. The van der Waals surface area contributed by atoms with Crippen molar-refractivity contribution in [3.05, 3.63) is 70.3 Å². The van der Waals surface area contributed by atoms with Crippen molar-refractivity contribution in [1.82, 2.24) is 4.72 Å². The summed E-state index contributed by atoms with van der Waals surface area (Å²) >= 11 is 6.41. The topological polar surface area (TPSA) is 78.9 Å². The second-order valence-electron chi connectivity index (χ2n) is 13.4. The van der Waals surface area contributed by atoms with Crippen LogP contribution in [0.3, 0.4) is 0 Å². The number of aryl methyl sites for hydroxylation is 1. The Morgan fingerprint density at radius 1 is 1.10 bits per heavy atom. The largest absolute Gasteiger partial charge is 0.490 e. The van der Waals surface area contributed by atoms with Gasteiger partial charge in [0, 0.05) is 34.3 Å². The number of nitrogens with zero attached hydrogens (tertiary/aromatic N) is 1. The van der Waals surface area contributed by atoms with Crippen LogP contribution in [0.15, 0.2) is 48.6 Å². The van der Waals surface area contributed by atoms with Crippen molar-refractivity contribution in [2.75, 3.05) is 24.6 Å². The number of carbonyl (C=O) groups is 1. The Kier molecular flexibility index (Phi) is 7.35. The maximum absolute atomic E-state index is 13.8. The molecule has 0 saturated heterocycles. The number of amides is 1. The summed E-state index contributed by atoms with van der Waals surface area (Å²) in [5, 5.41) is 11.9. The number of nitrogens with one attached hydrogen (secondary N) is 1. The average molecular weight is 609 g/mol. The predicted molar refractivity (Wildman–Crippen MR) is 170 cm³/mol. The maximum atomic E-state index is 13.8. The van der Waals surface area contributed by atoms with Gasteiger partial charge in [-0.25, -0.2) is 4.21 Å². The zero-order chi connectivity index (χ0) is 29.1. The molecular formula is C34H41ClN2O4S. The monoisotopic (exact) mass is 608 g/mol. The number of allylic oxidation sites excluding steroid dienone is 1. The number of fused-ring (bicyclic) bond motifs is 6. The van der Waals surface area contributed by atoms with E-state index in [1.807, 2.05) is 24.3 Å². The van der Waals surface area contributed by atoms with Crippen LogP contribution in [-0.4, -0.2) is 52.1 Å². The van der Waals surface area contributed by atoms with Gasteiger partial charge in [-0.05, 0) is 116 Å². The molecule has 42 heavy (non-hydrogen) atoms. The van der Waals surface area contributed by atoms with Gasteiger partial charge in [0.2, 0.25) is 0 Å². The Morgan fingerprint density at radius 2 is 1.98 bits per heavy atom. The van der Waals surface area contributed by atoms with Gasteiger partial charge in [0.25, 0.3) is 5.91 Å². The normalized spacial score (nSPS) is 36.9. The zero-order valence-electron chi connectivity index (χ0n) is 24.1. The third-order valence-electron chi connectivity index (χ3n) is 10.7. The molecule has 2 fully saturated rings. The third-order valence-corrected chi connectivity index (χ3v) is 13.0. The van der Waals surface area contributed by atoms with Crippen LogP contribution >= 0.6 is 11.6 Å². The molecular weight excluding hydrogens is 568 g/mol. The van der Waals surface area contributed by atoms with Crippen LogP contribution in [0.2, 0.25) is 5.02 Å². The van der Waals surface area contributed by atoms with Crippen LogP contribution in [0.1, 0.15) is 72.9 Å². The number of rotatable bonds is 0. The number of hydrogen-bond acceptors (Lipinski definition) is 5. The number of ether oxygens (including phenoxy) is 1. The van der Waals surface area contributed by atoms with Crippen LogP contribution in [0.4, 0.5) is 5.69 Å². The summed E-state index contributed by atoms with van der Waals surface area (Å²) in [4.78, 5) is 16.0. The Hall–Kier alpha value is -2.48. The van der Waals surface area contributed by atoms with Crippen molar-refractivity contribution in [2.45, 2.75) is 74.6 Å². The second-order valence-corrected chi connectivity index (χ2v) is 16.1. The van der Waals surface area contributed by atoms with Crippen LogP contribution in [-0.2, 0) is 21.5 Å². The van der Waals surface area contributed by atoms with E-state index in [2.05, 4.69) is 33.7 Å². The number of carbonyl (C=O) groups excluding carboxylic acids is 1. The van der Waals surface area contributed by atoms with Crippen molar-refractivity contribution >= 4 is 38.8 Å². The first-order valence-corrected chi connectivity index (χ1v) is 17.7. The van der Waals surface area contributed by atoms with E-state index >= 15 is 0 Å². The minimum Gasteiger partial charge on any atom is -0.490 e. The summed E-state index contributed by atoms with van der Waals surface area (Å²) in [6.07, 6.45) is 12.2. The number of aliphatic hydroxyl groups is 1. The molecule has 7 rings (SSSR count). The quantitative estimate of drug-likeness (QED) is 0.297. The Morgan fingerprint density at radius 3 is 2.81 bits per heavy atom. The van der Waals surface area contributed by atoms with Crippen LogP contribution in [0.5, 0.6) is 5.75 Å². The summed E-state index contributed by atoms with van der Waals surface area (Å²) in [5.74, 6) is 5.20. The minimum absolute atomic E-state index is 0.188. The van der Waals surface area contributed by atoms with E-state index in [9.17, 15) is 14.1 Å². The predicted octanol–water partition coefficient (Wildman–Crippen LogP) is 5.69. The van der Waals surface area contributed by atoms with Crippen molar-refractivity contribution in [2.24, 2.45) is 17.8 Å². The van der Waals surface area contributed by atoms with Crippen LogP contribution in [0.25, 0.3) is 0 Å². The summed E-state index contributed by atoms with van der Waals surface area (Å²) in [5.41, 5.74) is 3.73. The van der Waals surface area contributed by atoms with Gasteiger partial charge in [0.05, 0.1) is 28.1 Å². The molecule has 3 aliphatic carbocycles. The first-order valence-electron chi connectivity index (χ1n) is 15.6. The van der Waals surface area contributed by atoms with Crippen LogP contribution < -0.4 is 14.4 Å². The van der Waals surface area contributed by atoms with E-state index in [0.29, 0.717) is 24.5 Å². The lowest BCUT2D eigenvalue weighted by Crippen LogP contribution is -2.49. The fourth-order valence-corrected chi connectivity index (χ4v) is 10.1. The molecule has 2 heterocycles. The smallest absolute Gasteiger partial charge is 0.262 e. The molecule has 1 unspecified atom stereocenters. The summed E-state index contributed by atoms with van der Waals surface area (Å²) in [6.45, 7) is 2.08. The Balaban J connectivity index is 1.30. The molecule has 1 amide bonds. The van der Waals surface area contributed by atoms with E-state index in [1.165, 1.54) is 11.1 Å². The van der Waals surface area contributed by atoms with E-state index in [4.69, 9.17) is 16.3 Å². The van der Waals surface area contributed by atoms with Crippen molar-refractivity contribution in [3.63, 3.8) is 0 Å². The highest BCUT2D eigenvalue weighted by Gasteiger charge is 2.44. The fraction of sp³-hybridized carbons (Fsp3) is 0.529. The van der Waals surface area contributed by atoms with E-state index in [-0.39, 0.29) is 28.4 Å². The highest BCUT2D eigenvalue weighted by atomic mass is 35.5. The number of benzene rings is 2. The molecule has 0 aromatic heterocycles. The molecule has 0 radical (unpaired) electrons. The third kappa shape index (κ3) is 5.16. The average Bonchev–Trinajstić information content (AvgIpc) is 3.10. The molecule has 2 aromatic carbocycles. The number of halogens is 1. The molecule has 8 heteroatoms. The first kappa shape index (κ1) is 28.3. The number of hydrogen-bond donors (Lipinski definition) is 2. The van der Waals surface area contributed by atoms with E-state index < -0.39 is 15.8 Å². The molecule has 2 saturated carbocycles. The van der Waals surface area contributed by atoms with Crippen LogP contribution in [0, 0.1) is 17.8 Å². The second kappa shape index (κ2) is 10.9. The molecule has 4 bridgehead atoms. The van der Waals surface area contributed by atoms with Crippen molar-refractivity contribution < 1.29 is 18.8 Å². The van der Waals surface area contributed by atoms with E-state index in [0.717, 1.165) is 80.9 Å². The van der Waals surface area contributed by atoms with Gasteiger partial charge >= 0.3 is 0 Å². The van der Waals surface area contributed by atoms with Crippen molar-refractivity contribution in [3.8, 4) is 5.75 Å². The van der Waals surface area contributed by atoms with Gasteiger partial charge in [-0.3, -0.25) is 9.52 Å². The minimum atomic E-state index is -2.85. The van der Waals surface area contributed by atoms with Gasteiger partial charge in [0.15, 0.2) is 0 Å². The first-order chi connectivity index (χ1) is 20.2. The standard InChI is InChI=1S/C34H41ClN2O4S/c1-42(40)27-6-2-4-22(16-27)7-13-31(38)28-11-8-25(28)19-37-20-34(15-3-5-23-17-26(35)10-12-29(23)34)21-41-32-14-9-24(18-30(32)37)33(39)36-42/h7,9-10,12-14,17-18,22,25,27-28,31,38H,1-6,8,11,15-16,19-21H2,(H,36,39,40)/b13-7+/t22-,25+,27+,28-,31+,34+,42?/m1/s1. The summed E-state index contributed by atoms with van der Waals surface area (Å²) in [6, 6.07) is 11.8. The molecule has 7 atom stereocenters. The number of aliphatic hydroxyl groups excluding tert-OH is 1. The highest BCUT2D eigenvalue weighted by molar-refractivity contribution is 7.99. The fourth-order valence-electron chi connectivity index (χ4n) is 8.22. The molecule has 224 valence electrons. The van der Waals surface area contributed by atoms with Crippen molar-refractivity contribution in [1.29, 1.82) is 0 Å². The number of anilines is 1.